The fourth-order valence-electron chi connectivity index (χ4n) is 3.82. The van der Waals surface area contributed by atoms with E-state index in [1.54, 1.807) is 0 Å². The summed E-state index contributed by atoms with van der Waals surface area (Å²) in [6.07, 6.45) is 5.20. The molecule has 0 amide bonds. The molecule has 0 saturated carbocycles. The molecular weight excluding hydrogens is 226 g/mol. The van der Waals surface area contributed by atoms with E-state index in [0.29, 0.717) is 12.5 Å². The molecule has 3 rings (SSSR count). The molecule has 98 valence electrons. The van der Waals surface area contributed by atoms with Crippen LogP contribution < -0.4 is 0 Å². The largest absolute Gasteiger partial charge is 0.387 e. The molecule has 18 heavy (non-hydrogen) atoms. The van der Waals surface area contributed by atoms with Crippen LogP contribution in [-0.2, 0) is 12.8 Å². The van der Waals surface area contributed by atoms with Gasteiger partial charge in [-0.25, -0.2) is 0 Å². The lowest BCUT2D eigenvalue weighted by Crippen LogP contribution is -2.14. The Labute approximate surface area is 108 Å². The molecule has 2 aliphatic rings. The van der Waals surface area contributed by atoms with E-state index in [1.807, 2.05) is 6.92 Å². The van der Waals surface area contributed by atoms with E-state index in [-0.39, 0.29) is 5.78 Å². The summed E-state index contributed by atoms with van der Waals surface area (Å²) in [5.74, 6) is 0.198. The van der Waals surface area contributed by atoms with Crippen molar-refractivity contribution in [3.63, 3.8) is 0 Å². The summed E-state index contributed by atoms with van der Waals surface area (Å²) in [6, 6.07) is 0.433. The van der Waals surface area contributed by atoms with E-state index in [0.717, 1.165) is 36.9 Å². The van der Waals surface area contributed by atoms with Gasteiger partial charge in [0.05, 0.1) is 11.8 Å². The standard InChI is InChI=1S/C15H21NO2/c1-3-10-11-7-5-6-9-8-13(18)15(16(9)11)14(10)12(17)4-2/h9,13,18H,3-8H2,1-2H3/t9-,13+/m1/s1. The van der Waals surface area contributed by atoms with Crippen molar-refractivity contribution in [2.24, 2.45) is 0 Å². The number of carbonyl (C=O) groups excluding carboxylic acids is 1. The Balaban J connectivity index is 2.26. The molecule has 0 aliphatic carbocycles. The molecule has 2 atom stereocenters. The maximum absolute atomic E-state index is 12.2. The Morgan fingerprint density at radius 2 is 2.22 bits per heavy atom. The van der Waals surface area contributed by atoms with Crippen LogP contribution in [0.2, 0.25) is 0 Å². The number of nitrogens with zero attached hydrogens (tertiary/aromatic N) is 1. The number of aliphatic hydroxyl groups is 1. The molecule has 0 unspecified atom stereocenters. The van der Waals surface area contributed by atoms with Crippen molar-refractivity contribution in [3.05, 3.63) is 22.5 Å². The van der Waals surface area contributed by atoms with Crippen molar-refractivity contribution in [1.29, 1.82) is 0 Å². The van der Waals surface area contributed by atoms with Gasteiger partial charge in [-0.15, -0.1) is 0 Å². The van der Waals surface area contributed by atoms with E-state index in [2.05, 4.69) is 11.5 Å². The van der Waals surface area contributed by atoms with Gasteiger partial charge in [-0.3, -0.25) is 4.79 Å². The predicted octanol–water partition coefficient (Wildman–Crippen LogP) is 2.96. The average molecular weight is 247 g/mol. The number of aliphatic hydroxyl groups excluding tert-OH is 1. The van der Waals surface area contributed by atoms with Crippen molar-refractivity contribution < 1.29 is 9.90 Å². The van der Waals surface area contributed by atoms with Crippen LogP contribution in [0.4, 0.5) is 0 Å². The van der Waals surface area contributed by atoms with E-state index in [4.69, 9.17) is 0 Å². The lowest BCUT2D eigenvalue weighted by atomic mass is 9.92. The second-order valence-corrected chi connectivity index (χ2v) is 5.48. The van der Waals surface area contributed by atoms with E-state index in [9.17, 15) is 9.90 Å². The molecule has 0 bridgehead atoms. The van der Waals surface area contributed by atoms with Crippen LogP contribution in [-0.4, -0.2) is 15.5 Å². The Morgan fingerprint density at radius 1 is 1.44 bits per heavy atom. The quantitative estimate of drug-likeness (QED) is 0.834. The minimum Gasteiger partial charge on any atom is -0.387 e. The minimum atomic E-state index is -0.433. The number of rotatable bonds is 3. The highest BCUT2D eigenvalue weighted by Gasteiger charge is 2.39. The third-order valence-corrected chi connectivity index (χ3v) is 4.54. The monoisotopic (exact) mass is 247 g/mol. The van der Waals surface area contributed by atoms with Gasteiger partial charge in [0.25, 0.3) is 0 Å². The van der Waals surface area contributed by atoms with Gasteiger partial charge in [0.1, 0.15) is 0 Å². The summed E-state index contributed by atoms with van der Waals surface area (Å²) in [4.78, 5) is 12.2. The van der Waals surface area contributed by atoms with Crippen LogP contribution in [0.5, 0.6) is 0 Å². The molecule has 2 aliphatic heterocycles. The molecule has 0 fully saturated rings. The highest BCUT2D eigenvalue weighted by atomic mass is 16.3. The number of ketones is 1. The first-order chi connectivity index (χ1) is 8.69. The zero-order valence-corrected chi connectivity index (χ0v) is 11.2. The van der Waals surface area contributed by atoms with Crippen LogP contribution in [0, 0.1) is 0 Å². The highest BCUT2D eigenvalue weighted by Crippen LogP contribution is 2.46. The lowest BCUT2D eigenvalue weighted by molar-refractivity contribution is 0.0979. The molecule has 0 saturated heterocycles. The van der Waals surface area contributed by atoms with E-state index < -0.39 is 6.10 Å². The molecule has 0 spiro atoms. The normalized spacial score (nSPS) is 25.3. The van der Waals surface area contributed by atoms with Crippen molar-refractivity contribution in [3.8, 4) is 0 Å². The Kier molecular flexibility index (Phi) is 2.81. The van der Waals surface area contributed by atoms with Gasteiger partial charge in [0.15, 0.2) is 5.78 Å². The summed E-state index contributed by atoms with van der Waals surface area (Å²) >= 11 is 0. The first-order valence-corrected chi connectivity index (χ1v) is 7.16. The second-order valence-electron chi connectivity index (χ2n) is 5.48. The molecule has 3 heterocycles. The Morgan fingerprint density at radius 3 is 2.89 bits per heavy atom. The SMILES string of the molecule is CCC(=O)c1c(CC)c2n3c1[C@@H](O)C[C@H]3CCC2. The number of aromatic nitrogens is 1. The van der Waals surface area contributed by atoms with Gasteiger partial charge in [-0.2, -0.15) is 0 Å². The van der Waals surface area contributed by atoms with E-state index >= 15 is 0 Å². The zero-order valence-electron chi connectivity index (χ0n) is 11.2. The van der Waals surface area contributed by atoms with E-state index in [1.165, 1.54) is 17.7 Å². The molecule has 0 aromatic carbocycles. The summed E-state index contributed by atoms with van der Waals surface area (Å²) in [5, 5.41) is 10.3. The molecule has 3 nitrogen and oxygen atoms in total. The van der Waals surface area contributed by atoms with Crippen LogP contribution in [0.3, 0.4) is 0 Å². The summed E-state index contributed by atoms with van der Waals surface area (Å²) in [6.45, 7) is 4.02. The van der Waals surface area contributed by atoms with Gasteiger partial charge in [0, 0.05) is 23.7 Å². The van der Waals surface area contributed by atoms with Gasteiger partial charge in [-0.05, 0) is 37.7 Å². The summed E-state index contributed by atoms with van der Waals surface area (Å²) in [7, 11) is 0. The maximum Gasteiger partial charge on any atom is 0.164 e. The smallest absolute Gasteiger partial charge is 0.164 e. The number of hydrogen-bond acceptors (Lipinski definition) is 2. The first-order valence-electron chi connectivity index (χ1n) is 7.16. The molecule has 1 aromatic heterocycles. The third kappa shape index (κ3) is 1.43. The molecule has 3 heteroatoms. The Hall–Kier alpha value is -1.09. The van der Waals surface area contributed by atoms with Crippen LogP contribution in [0.1, 0.15) is 79.0 Å². The zero-order chi connectivity index (χ0) is 12.9. The van der Waals surface area contributed by atoms with Gasteiger partial charge in [0.2, 0.25) is 0 Å². The topological polar surface area (TPSA) is 42.2 Å². The van der Waals surface area contributed by atoms with Crippen molar-refractivity contribution in [1.82, 2.24) is 4.57 Å². The number of carbonyl (C=O) groups is 1. The van der Waals surface area contributed by atoms with Crippen LogP contribution >= 0.6 is 0 Å². The first kappa shape index (κ1) is 12.0. The third-order valence-electron chi connectivity index (χ3n) is 4.54. The predicted molar refractivity (Wildman–Crippen MR) is 70.0 cm³/mol. The van der Waals surface area contributed by atoms with Crippen LogP contribution in [0.15, 0.2) is 0 Å². The molecular formula is C15H21NO2. The molecule has 1 aromatic rings. The summed E-state index contributed by atoms with van der Waals surface area (Å²) in [5.41, 5.74) is 4.32. The van der Waals surface area contributed by atoms with Gasteiger partial charge < -0.3 is 9.67 Å². The van der Waals surface area contributed by atoms with Crippen molar-refractivity contribution in [2.75, 3.05) is 0 Å². The number of hydrogen-bond donors (Lipinski definition) is 1. The molecule has 0 radical (unpaired) electrons. The summed E-state index contributed by atoms with van der Waals surface area (Å²) < 4.78 is 2.30. The second kappa shape index (κ2) is 4.23. The fourth-order valence-corrected chi connectivity index (χ4v) is 3.82. The van der Waals surface area contributed by atoms with Crippen molar-refractivity contribution in [2.45, 2.75) is 64.5 Å². The Bertz CT molecular complexity index is 501. The average Bonchev–Trinajstić information content (AvgIpc) is 2.89. The maximum atomic E-state index is 12.2. The van der Waals surface area contributed by atoms with Crippen molar-refractivity contribution >= 4 is 5.78 Å². The highest BCUT2D eigenvalue weighted by molar-refractivity contribution is 5.99. The number of Topliss-reactive ketones (excluding diaryl/α,β-unsaturated/α-hetero) is 1. The van der Waals surface area contributed by atoms with Crippen LogP contribution in [0.25, 0.3) is 0 Å². The molecule has 1 N–H and O–H groups in total. The minimum absolute atomic E-state index is 0.198. The fraction of sp³-hybridized carbons (Fsp3) is 0.667. The lowest BCUT2D eigenvalue weighted by Gasteiger charge is -2.23. The van der Waals surface area contributed by atoms with Gasteiger partial charge in [-0.1, -0.05) is 13.8 Å². The van der Waals surface area contributed by atoms with Gasteiger partial charge >= 0.3 is 0 Å².